The molecule has 21 heavy (non-hydrogen) atoms. The molecule has 0 aliphatic heterocycles. The first-order valence-corrected chi connectivity index (χ1v) is 6.76. The van der Waals surface area contributed by atoms with Crippen LogP contribution in [0.25, 0.3) is 0 Å². The molecule has 0 fully saturated rings. The van der Waals surface area contributed by atoms with Gasteiger partial charge in [0.1, 0.15) is 0 Å². The number of anilines is 1. The molecule has 0 saturated heterocycles. The highest BCUT2D eigenvalue weighted by Gasteiger charge is 2.38. The lowest BCUT2D eigenvalue weighted by Crippen LogP contribution is -2.30. The average Bonchev–Trinajstić information content (AvgIpc) is 2.33. The van der Waals surface area contributed by atoms with Gasteiger partial charge in [-0.15, -0.1) is 0 Å². The van der Waals surface area contributed by atoms with E-state index in [1.54, 1.807) is 12.1 Å². The van der Waals surface area contributed by atoms with Gasteiger partial charge in [-0.2, -0.15) is 13.2 Å². The number of hydrogen-bond donors (Lipinski definition) is 2. The number of carbonyl (C=O) groups excluding carboxylic acids is 1. The van der Waals surface area contributed by atoms with E-state index in [9.17, 15) is 18.0 Å². The minimum Gasteiger partial charge on any atom is -0.318 e. The van der Waals surface area contributed by atoms with Crippen LogP contribution in [-0.4, -0.2) is 18.6 Å². The number of carbonyl (C=O) groups is 1. The summed E-state index contributed by atoms with van der Waals surface area (Å²) >= 11 is 0. The molecule has 3 nitrogen and oxygen atoms in total. The fraction of sp³-hybridized carbons (Fsp3) is 0.533. The first kappa shape index (κ1) is 17.5. The molecule has 0 bridgehead atoms. The van der Waals surface area contributed by atoms with E-state index in [0.29, 0.717) is 6.54 Å². The van der Waals surface area contributed by atoms with E-state index in [1.807, 2.05) is 5.32 Å². The van der Waals surface area contributed by atoms with Gasteiger partial charge in [0.25, 0.3) is 0 Å². The number of halogens is 3. The SMILES string of the molecule is CC(C)(C)CCNCc1cccc(NC(=O)C(F)(F)F)c1. The number of hydrogen-bond acceptors (Lipinski definition) is 2. The Labute approximate surface area is 122 Å². The second-order valence-corrected chi connectivity index (χ2v) is 6.14. The molecule has 0 radical (unpaired) electrons. The van der Waals surface area contributed by atoms with Gasteiger partial charge < -0.3 is 10.6 Å². The summed E-state index contributed by atoms with van der Waals surface area (Å²) in [6.45, 7) is 7.79. The van der Waals surface area contributed by atoms with Crippen molar-refractivity contribution in [1.29, 1.82) is 0 Å². The van der Waals surface area contributed by atoms with Gasteiger partial charge in [-0.3, -0.25) is 4.79 Å². The summed E-state index contributed by atoms with van der Waals surface area (Å²) in [5.41, 5.74) is 1.20. The number of benzene rings is 1. The van der Waals surface area contributed by atoms with Gasteiger partial charge >= 0.3 is 12.1 Å². The maximum absolute atomic E-state index is 12.2. The molecule has 0 spiro atoms. The van der Waals surface area contributed by atoms with Crippen LogP contribution in [0.5, 0.6) is 0 Å². The second kappa shape index (κ2) is 6.93. The molecule has 0 aliphatic rings. The fourth-order valence-electron chi connectivity index (χ4n) is 1.66. The van der Waals surface area contributed by atoms with Gasteiger partial charge in [-0.25, -0.2) is 0 Å². The first-order valence-electron chi connectivity index (χ1n) is 6.76. The molecule has 1 rings (SSSR count). The van der Waals surface area contributed by atoms with E-state index in [-0.39, 0.29) is 11.1 Å². The van der Waals surface area contributed by atoms with Crippen molar-refractivity contribution in [2.24, 2.45) is 5.41 Å². The van der Waals surface area contributed by atoms with E-state index in [4.69, 9.17) is 0 Å². The molecule has 1 amide bonds. The topological polar surface area (TPSA) is 41.1 Å². The maximum atomic E-state index is 12.2. The average molecular weight is 302 g/mol. The van der Waals surface area contributed by atoms with E-state index in [2.05, 4.69) is 26.1 Å². The molecule has 0 aromatic heterocycles. The first-order chi connectivity index (χ1) is 9.58. The van der Waals surface area contributed by atoms with Crippen molar-refractivity contribution < 1.29 is 18.0 Å². The Bertz CT molecular complexity index is 479. The zero-order valence-electron chi connectivity index (χ0n) is 12.5. The normalized spacial score (nSPS) is 12.3. The van der Waals surface area contributed by atoms with Gasteiger partial charge in [0, 0.05) is 12.2 Å². The Morgan fingerprint density at radius 2 is 1.86 bits per heavy atom. The van der Waals surface area contributed by atoms with Gasteiger partial charge in [0.15, 0.2) is 0 Å². The highest BCUT2D eigenvalue weighted by Crippen LogP contribution is 2.19. The van der Waals surface area contributed by atoms with Crippen LogP contribution in [0, 0.1) is 5.41 Å². The Kier molecular flexibility index (Phi) is 5.78. The van der Waals surface area contributed by atoms with Crippen molar-refractivity contribution >= 4 is 11.6 Å². The lowest BCUT2D eigenvalue weighted by molar-refractivity contribution is -0.167. The van der Waals surface area contributed by atoms with E-state index < -0.39 is 12.1 Å². The van der Waals surface area contributed by atoms with Crippen LogP contribution in [0.2, 0.25) is 0 Å². The summed E-state index contributed by atoms with van der Waals surface area (Å²) in [5.74, 6) is -1.96. The van der Waals surface area contributed by atoms with Gasteiger partial charge in [-0.1, -0.05) is 32.9 Å². The van der Waals surface area contributed by atoms with Crippen LogP contribution >= 0.6 is 0 Å². The fourth-order valence-corrected chi connectivity index (χ4v) is 1.66. The maximum Gasteiger partial charge on any atom is 0.471 e. The van der Waals surface area contributed by atoms with Crippen LogP contribution in [-0.2, 0) is 11.3 Å². The molecular formula is C15H21F3N2O. The molecule has 6 heteroatoms. The third-order valence-electron chi connectivity index (χ3n) is 2.82. The standard InChI is InChI=1S/C15H21F3N2O/c1-14(2,3)7-8-19-10-11-5-4-6-12(9-11)20-13(21)15(16,17)18/h4-6,9,19H,7-8,10H2,1-3H3,(H,20,21). The summed E-state index contributed by atoms with van der Waals surface area (Å²) in [4.78, 5) is 10.9. The van der Waals surface area contributed by atoms with Gasteiger partial charge in [0.05, 0.1) is 0 Å². The van der Waals surface area contributed by atoms with Gasteiger partial charge in [-0.05, 0) is 36.1 Å². The summed E-state index contributed by atoms with van der Waals surface area (Å²) in [6.07, 6.45) is -3.88. The number of rotatable bonds is 5. The number of alkyl halides is 3. The zero-order chi connectivity index (χ0) is 16.1. The van der Waals surface area contributed by atoms with Crippen LogP contribution in [0.1, 0.15) is 32.8 Å². The van der Waals surface area contributed by atoms with Crippen molar-refractivity contribution in [2.45, 2.75) is 39.9 Å². The number of amides is 1. The van der Waals surface area contributed by atoms with E-state index in [1.165, 1.54) is 12.1 Å². The van der Waals surface area contributed by atoms with Crippen LogP contribution in [0.3, 0.4) is 0 Å². The third kappa shape index (κ3) is 7.13. The Morgan fingerprint density at radius 1 is 1.19 bits per heavy atom. The van der Waals surface area contributed by atoms with Crippen molar-refractivity contribution in [3.05, 3.63) is 29.8 Å². The van der Waals surface area contributed by atoms with E-state index >= 15 is 0 Å². The predicted molar refractivity (Wildman–Crippen MR) is 76.9 cm³/mol. The molecule has 0 aliphatic carbocycles. The van der Waals surface area contributed by atoms with Crippen molar-refractivity contribution in [1.82, 2.24) is 5.32 Å². The molecule has 1 aromatic rings. The number of nitrogens with one attached hydrogen (secondary N) is 2. The summed E-state index contributed by atoms with van der Waals surface area (Å²) in [6, 6.07) is 6.39. The van der Waals surface area contributed by atoms with Crippen molar-refractivity contribution in [2.75, 3.05) is 11.9 Å². The lowest BCUT2D eigenvalue weighted by atomic mass is 9.92. The second-order valence-electron chi connectivity index (χ2n) is 6.14. The zero-order valence-corrected chi connectivity index (χ0v) is 12.5. The van der Waals surface area contributed by atoms with Crippen molar-refractivity contribution in [3.8, 4) is 0 Å². The monoisotopic (exact) mass is 302 g/mol. The largest absolute Gasteiger partial charge is 0.471 e. The highest BCUT2D eigenvalue weighted by molar-refractivity contribution is 5.94. The molecule has 0 unspecified atom stereocenters. The molecule has 0 atom stereocenters. The van der Waals surface area contributed by atoms with Crippen molar-refractivity contribution in [3.63, 3.8) is 0 Å². The highest BCUT2D eigenvalue weighted by atomic mass is 19.4. The molecule has 0 saturated carbocycles. The Balaban J connectivity index is 2.51. The summed E-state index contributed by atoms with van der Waals surface area (Å²) < 4.78 is 36.5. The smallest absolute Gasteiger partial charge is 0.318 e. The predicted octanol–water partition coefficient (Wildman–Crippen LogP) is 3.71. The summed E-state index contributed by atoms with van der Waals surface area (Å²) in [5, 5.41) is 5.08. The molecular weight excluding hydrogens is 281 g/mol. The van der Waals surface area contributed by atoms with Crippen LogP contribution < -0.4 is 10.6 Å². The lowest BCUT2D eigenvalue weighted by Gasteiger charge is -2.18. The van der Waals surface area contributed by atoms with Crippen LogP contribution in [0.4, 0.5) is 18.9 Å². The Hall–Kier alpha value is -1.56. The molecule has 0 heterocycles. The minimum atomic E-state index is -4.87. The van der Waals surface area contributed by atoms with E-state index in [0.717, 1.165) is 18.5 Å². The molecule has 1 aromatic carbocycles. The molecule has 118 valence electrons. The third-order valence-corrected chi connectivity index (χ3v) is 2.82. The Morgan fingerprint density at radius 3 is 2.43 bits per heavy atom. The minimum absolute atomic E-state index is 0.146. The van der Waals surface area contributed by atoms with Gasteiger partial charge in [0.2, 0.25) is 0 Å². The quantitative estimate of drug-likeness (QED) is 0.814. The molecule has 2 N–H and O–H groups in total. The van der Waals surface area contributed by atoms with Crippen LogP contribution in [0.15, 0.2) is 24.3 Å². The summed E-state index contributed by atoms with van der Waals surface area (Å²) in [7, 11) is 0.